The van der Waals surface area contributed by atoms with Gasteiger partial charge in [0.05, 0.1) is 10.5 Å². The molecule has 0 saturated carbocycles. The molecule has 0 aromatic carbocycles. The lowest BCUT2D eigenvalue weighted by molar-refractivity contribution is -0.380. The quantitative estimate of drug-likeness (QED) is 0.647. The first-order valence-corrected chi connectivity index (χ1v) is 8.25. The van der Waals surface area contributed by atoms with Crippen LogP contribution in [0.15, 0.2) is 11.4 Å². The zero-order valence-corrected chi connectivity index (χ0v) is 13.0. The van der Waals surface area contributed by atoms with E-state index in [0.717, 1.165) is 30.7 Å². The Labute approximate surface area is 128 Å². The predicted octanol–water partition coefficient (Wildman–Crippen LogP) is 2.65. The molecule has 116 valence electrons. The Hall–Kier alpha value is -1.47. The van der Waals surface area contributed by atoms with Crippen LogP contribution in [0.1, 0.15) is 43.0 Å². The number of hydrogen-bond donors (Lipinski definition) is 1. The predicted molar refractivity (Wildman–Crippen MR) is 82.8 cm³/mol. The van der Waals surface area contributed by atoms with E-state index in [9.17, 15) is 14.9 Å². The summed E-state index contributed by atoms with van der Waals surface area (Å²) in [5.74, 6) is -0.103. The summed E-state index contributed by atoms with van der Waals surface area (Å²) in [5.41, 5.74) is 0.427. The monoisotopic (exact) mass is 311 g/mol. The Morgan fingerprint density at radius 2 is 2.38 bits per heavy atom. The highest BCUT2D eigenvalue weighted by molar-refractivity contribution is 7.13. The molecule has 1 aliphatic rings. The topological polar surface area (TPSA) is 75.5 Å². The molecule has 21 heavy (non-hydrogen) atoms. The van der Waals surface area contributed by atoms with Crippen LogP contribution >= 0.6 is 11.3 Å². The SMILES string of the molecule is CCCN(CC1CCCCN1)C(=O)c1csc([N+](=O)[O-])c1. The van der Waals surface area contributed by atoms with Crippen LogP contribution in [0.3, 0.4) is 0 Å². The minimum atomic E-state index is -0.450. The van der Waals surface area contributed by atoms with E-state index in [1.807, 2.05) is 11.8 Å². The summed E-state index contributed by atoms with van der Waals surface area (Å²) in [6.07, 6.45) is 4.34. The molecule has 1 saturated heterocycles. The van der Waals surface area contributed by atoms with Gasteiger partial charge in [0.25, 0.3) is 5.91 Å². The molecule has 0 radical (unpaired) electrons. The number of nitrogens with one attached hydrogen (secondary N) is 1. The summed E-state index contributed by atoms with van der Waals surface area (Å²) in [7, 11) is 0. The Morgan fingerprint density at radius 1 is 1.57 bits per heavy atom. The van der Waals surface area contributed by atoms with Crippen molar-refractivity contribution in [3.05, 3.63) is 27.1 Å². The highest BCUT2D eigenvalue weighted by atomic mass is 32.1. The Bertz CT molecular complexity index is 497. The van der Waals surface area contributed by atoms with Crippen LogP contribution < -0.4 is 5.32 Å². The average molecular weight is 311 g/mol. The van der Waals surface area contributed by atoms with Gasteiger partial charge >= 0.3 is 5.00 Å². The molecule has 0 aliphatic carbocycles. The number of piperidine rings is 1. The number of carbonyl (C=O) groups is 1. The van der Waals surface area contributed by atoms with Gasteiger partial charge in [0.15, 0.2) is 0 Å². The third-order valence-electron chi connectivity index (χ3n) is 3.65. The molecule has 1 aliphatic heterocycles. The van der Waals surface area contributed by atoms with Gasteiger partial charge in [0, 0.05) is 30.6 Å². The lowest BCUT2D eigenvalue weighted by Crippen LogP contribution is -2.46. The molecule has 7 heteroatoms. The van der Waals surface area contributed by atoms with E-state index in [1.54, 1.807) is 5.38 Å². The van der Waals surface area contributed by atoms with Crippen LogP contribution in [0.5, 0.6) is 0 Å². The van der Waals surface area contributed by atoms with Gasteiger partial charge in [-0.25, -0.2) is 0 Å². The molecular formula is C14H21N3O3S. The summed E-state index contributed by atoms with van der Waals surface area (Å²) >= 11 is 1.01. The van der Waals surface area contributed by atoms with Crippen molar-refractivity contribution in [1.82, 2.24) is 10.2 Å². The van der Waals surface area contributed by atoms with Crippen LogP contribution in [0.4, 0.5) is 5.00 Å². The maximum atomic E-state index is 12.5. The highest BCUT2D eigenvalue weighted by Gasteiger charge is 2.23. The molecule has 1 N–H and O–H groups in total. The third kappa shape index (κ3) is 4.25. The van der Waals surface area contributed by atoms with Crippen LogP contribution in [0.25, 0.3) is 0 Å². The molecule has 0 spiro atoms. The van der Waals surface area contributed by atoms with Crippen molar-refractivity contribution in [2.45, 2.75) is 38.6 Å². The molecule has 0 bridgehead atoms. The number of hydrogen-bond acceptors (Lipinski definition) is 5. The van der Waals surface area contributed by atoms with Crippen molar-refractivity contribution in [1.29, 1.82) is 0 Å². The van der Waals surface area contributed by atoms with E-state index in [0.29, 0.717) is 24.7 Å². The molecule has 1 unspecified atom stereocenters. The second-order valence-corrected chi connectivity index (χ2v) is 6.22. The Balaban J connectivity index is 2.04. The van der Waals surface area contributed by atoms with Gasteiger partial charge in [0.1, 0.15) is 0 Å². The summed E-state index contributed by atoms with van der Waals surface area (Å²) in [6, 6.07) is 1.71. The normalized spacial score (nSPS) is 18.4. The van der Waals surface area contributed by atoms with E-state index in [1.165, 1.54) is 18.9 Å². The maximum Gasteiger partial charge on any atom is 0.324 e. The summed E-state index contributed by atoms with van der Waals surface area (Å²) in [6.45, 7) is 4.39. The largest absolute Gasteiger partial charge is 0.337 e. The van der Waals surface area contributed by atoms with Gasteiger partial charge in [-0.1, -0.05) is 24.7 Å². The second-order valence-electron chi connectivity index (χ2n) is 5.33. The Morgan fingerprint density at radius 3 is 2.95 bits per heavy atom. The minimum Gasteiger partial charge on any atom is -0.337 e. The zero-order chi connectivity index (χ0) is 15.2. The molecule has 1 aromatic heterocycles. The lowest BCUT2D eigenvalue weighted by Gasteiger charge is -2.30. The van der Waals surface area contributed by atoms with Crippen molar-refractivity contribution in [3.63, 3.8) is 0 Å². The molecular weight excluding hydrogens is 290 g/mol. The summed E-state index contributed by atoms with van der Waals surface area (Å²) in [4.78, 5) is 24.6. The van der Waals surface area contributed by atoms with Gasteiger partial charge < -0.3 is 10.2 Å². The smallest absolute Gasteiger partial charge is 0.324 e. The van der Waals surface area contributed by atoms with Crippen molar-refractivity contribution in [2.24, 2.45) is 0 Å². The van der Waals surface area contributed by atoms with Gasteiger partial charge in [-0.05, 0) is 25.8 Å². The third-order valence-corrected chi connectivity index (χ3v) is 4.53. The Kier molecular flexibility index (Phi) is 5.69. The van der Waals surface area contributed by atoms with Gasteiger partial charge in [-0.15, -0.1) is 0 Å². The molecule has 1 amide bonds. The highest BCUT2D eigenvalue weighted by Crippen LogP contribution is 2.24. The van der Waals surface area contributed by atoms with E-state index in [2.05, 4.69) is 5.32 Å². The molecule has 1 fully saturated rings. The van der Waals surface area contributed by atoms with Crippen molar-refractivity contribution in [3.8, 4) is 0 Å². The first-order valence-electron chi connectivity index (χ1n) is 7.37. The fourth-order valence-corrected chi connectivity index (χ4v) is 3.30. The first-order chi connectivity index (χ1) is 10.1. The van der Waals surface area contributed by atoms with Crippen LogP contribution in [0.2, 0.25) is 0 Å². The van der Waals surface area contributed by atoms with Crippen molar-refractivity contribution in [2.75, 3.05) is 19.6 Å². The van der Waals surface area contributed by atoms with Crippen LogP contribution in [-0.4, -0.2) is 41.4 Å². The van der Waals surface area contributed by atoms with Crippen molar-refractivity contribution < 1.29 is 9.72 Å². The number of rotatable bonds is 6. The number of nitro groups is 1. The second kappa shape index (κ2) is 7.51. The number of amides is 1. The van der Waals surface area contributed by atoms with Gasteiger partial charge in [-0.3, -0.25) is 14.9 Å². The minimum absolute atomic E-state index is 0.0191. The summed E-state index contributed by atoms with van der Waals surface area (Å²) < 4.78 is 0. The molecule has 1 aromatic rings. The van der Waals surface area contributed by atoms with Crippen molar-refractivity contribution >= 4 is 22.2 Å². The number of thiophene rings is 1. The van der Waals surface area contributed by atoms with Crippen LogP contribution in [0, 0.1) is 10.1 Å². The van der Waals surface area contributed by atoms with Crippen LogP contribution in [-0.2, 0) is 0 Å². The first kappa shape index (κ1) is 15.9. The number of carbonyl (C=O) groups excluding carboxylic acids is 1. The molecule has 6 nitrogen and oxygen atoms in total. The fourth-order valence-electron chi connectivity index (χ4n) is 2.61. The van der Waals surface area contributed by atoms with E-state index >= 15 is 0 Å². The molecule has 1 atom stereocenters. The molecule has 2 heterocycles. The van der Waals surface area contributed by atoms with Gasteiger partial charge in [-0.2, -0.15) is 0 Å². The standard InChI is InChI=1S/C14H21N3O3S/c1-2-7-16(9-12-5-3-4-6-15-12)14(18)11-8-13(17(19)20)21-10-11/h8,10,12,15H,2-7,9H2,1H3. The number of nitrogens with zero attached hydrogens (tertiary/aromatic N) is 2. The zero-order valence-electron chi connectivity index (χ0n) is 12.2. The van der Waals surface area contributed by atoms with E-state index < -0.39 is 4.92 Å². The van der Waals surface area contributed by atoms with E-state index in [4.69, 9.17) is 0 Å². The fraction of sp³-hybridized carbons (Fsp3) is 0.643. The molecule has 2 rings (SSSR count). The summed E-state index contributed by atoms with van der Waals surface area (Å²) in [5, 5.41) is 15.8. The van der Waals surface area contributed by atoms with Gasteiger partial charge in [0.2, 0.25) is 0 Å². The lowest BCUT2D eigenvalue weighted by atomic mass is 10.0. The maximum absolute atomic E-state index is 12.5. The van der Waals surface area contributed by atoms with E-state index in [-0.39, 0.29) is 10.9 Å². The average Bonchev–Trinajstić information content (AvgIpc) is 2.97.